The van der Waals surface area contributed by atoms with E-state index in [1.54, 1.807) is 0 Å². The lowest BCUT2D eigenvalue weighted by atomic mass is 9.98. The van der Waals surface area contributed by atoms with Crippen molar-refractivity contribution in [2.75, 3.05) is 26.3 Å². The molecule has 0 atom stereocenters. The van der Waals surface area contributed by atoms with E-state index in [4.69, 9.17) is 9.47 Å². The van der Waals surface area contributed by atoms with Crippen molar-refractivity contribution in [3.63, 3.8) is 0 Å². The first-order valence-electron chi connectivity index (χ1n) is 11.0. The maximum Gasteiger partial charge on any atom is 0.123 e. The third kappa shape index (κ3) is 2.91. The van der Waals surface area contributed by atoms with Crippen LogP contribution in [0.15, 0.2) is 36.4 Å². The molecule has 0 spiro atoms. The first-order valence-corrected chi connectivity index (χ1v) is 11.0. The Bertz CT molecular complexity index is 964. The summed E-state index contributed by atoms with van der Waals surface area (Å²) in [5.74, 6) is 2.20. The Kier molecular flexibility index (Phi) is 4.23. The fourth-order valence-electron chi connectivity index (χ4n) is 5.54. The van der Waals surface area contributed by atoms with Crippen LogP contribution in [0.4, 0.5) is 0 Å². The Balaban J connectivity index is 1.14. The van der Waals surface area contributed by atoms with E-state index < -0.39 is 0 Å². The Morgan fingerprint density at radius 3 is 1.69 bits per heavy atom. The molecule has 148 valence electrons. The minimum atomic E-state index is 0.834. The predicted molar refractivity (Wildman–Crippen MR) is 117 cm³/mol. The third-order valence-electron chi connectivity index (χ3n) is 6.89. The molecule has 2 aromatic rings. The van der Waals surface area contributed by atoms with Crippen molar-refractivity contribution >= 4 is 11.1 Å². The summed E-state index contributed by atoms with van der Waals surface area (Å²) in [6.45, 7) is 3.51. The minimum absolute atomic E-state index is 0.834. The number of allylic oxidation sites excluding steroid dienone is 2. The van der Waals surface area contributed by atoms with Crippen molar-refractivity contribution in [3.8, 4) is 11.5 Å². The van der Waals surface area contributed by atoms with Gasteiger partial charge in [0.1, 0.15) is 11.5 Å². The molecule has 0 saturated heterocycles. The van der Waals surface area contributed by atoms with Crippen LogP contribution < -0.4 is 14.8 Å². The summed E-state index contributed by atoms with van der Waals surface area (Å²) >= 11 is 0. The second-order valence-corrected chi connectivity index (χ2v) is 8.47. The molecule has 0 unspecified atom stereocenters. The highest BCUT2D eigenvalue weighted by atomic mass is 16.5. The molecule has 2 heterocycles. The fourth-order valence-corrected chi connectivity index (χ4v) is 5.54. The van der Waals surface area contributed by atoms with E-state index in [1.165, 1.54) is 57.4 Å². The molecule has 6 rings (SSSR count). The maximum atomic E-state index is 5.77. The van der Waals surface area contributed by atoms with E-state index in [2.05, 4.69) is 41.7 Å². The number of hydrogen-bond donors (Lipinski definition) is 1. The monoisotopic (exact) mass is 385 g/mol. The topological polar surface area (TPSA) is 30.5 Å². The van der Waals surface area contributed by atoms with Gasteiger partial charge in [0.25, 0.3) is 0 Å². The van der Waals surface area contributed by atoms with E-state index in [9.17, 15) is 0 Å². The van der Waals surface area contributed by atoms with Crippen molar-refractivity contribution in [3.05, 3.63) is 69.8 Å². The number of nitrogens with one attached hydrogen (secondary N) is 1. The lowest BCUT2D eigenvalue weighted by Crippen LogP contribution is -2.14. The molecule has 0 saturated carbocycles. The van der Waals surface area contributed by atoms with Crippen LogP contribution in [0.2, 0.25) is 0 Å². The van der Waals surface area contributed by atoms with Crippen LogP contribution in [-0.2, 0) is 25.7 Å². The van der Waals surface area contributed by atoms with Gasteiger partial charge >= 0.3 is 0 Å². The largest absolute Gasteiger partial charge is 0.493 e. The van der Waals surface area contributed by atoms with Gasteiger partial charge in [-0.05, 0) is 71.2 Å². The number of rotatable bonds is 4. The number of ether oxygens (including phenoxy) is 2. The quantitative estimate of drug-likeness (QED) is 0.786. The van der Waals surface area contributed by atoms with E-state index in [1.807, 2.05) is 0 Å². The molecular weight excluding hydrogens is 358 g/mol. The van der Waals surface area contributed by atoms with Gasteiger partial charge in [0, 0.05) is 37.1 Å². The van der Waals surface area contributed by atoms with Crippen molar-refractivity contribution in [1.29, 1.82) is 0 Å². The molecule has 0 radical (unpaired) electrons. The maximum absolute atomic E-state index is 5.77. The molecule has 0 aromatic heterocycles. The summed E-state index contributed by atoms with van der Waals surface area (Å²) < 4.78 is 11.5. The van der Waals surface area contributed by atoms with Gasteiger partial charge in [0.05, 0.1) is 13.2 Å². The lowest BCUT2D eigenvalue weighted by molar-refractivity contribution is 0.356. The average molecular weight is 386 g/mol. The SMILES string of the molecule is C(CNCC=C1CCc2ccc3c(c21)CCO3)=C1CCc2ccc3c(c21)CCO3. The van der Waals surface area contributed by atoms with Crippen LogP contribution in [0.3, 0.4) is 0 Å². The Morgan fingerprint density at radius 2 is 1.17 bits per heavy atom. The molecule has 2 aromatic carbocycles. The summed E-state index contributed by atoms with van der Waals surface area (Å²) in [7, 11) is 0. The van der Waals surface area contributed by atoms with Gasteiger partial charge in [-0.15, -0.1) is 0 Å². The van der Waals surface area contributed by atoms with Crippen molar-refractivity contribution in [2.45, 2.75) is 38.5 Å². The van der Waals surface area contributed by atoms with Crippen molar-refractivity contribution < 1.29 is 9.47 Å². The van der Waals surface area contributed by atoms with Gasteiger partial charge in [-0.25, -0.2) is 0 Å². The smallest absolute Gasteiger partial charge is 0.123 e. The zero-order valence-electron chi connectivity index (χ0n) is 16.9. The third-order valence-corrected chi connectivity index (χ3v) is 6.89. The van der Waals surface area contributed by atoms with Crippen LogP contribution in [-0.4, -0.2) is 26.3 Å². The van der Waals surface area contributed by atoms with E-state index in [0.29, 0.717) is 0 Å². The highest BCUT2D eigenvalue weighted by molar-refractivity contribution is 5.78. The standard InChI is InChI=1S/C26H27NO2/c1-3-19(25-17(1)5-7-23-21(25)11-15-28-23)9-13-27-14-10-20-4-2-18-6-8-24-22(26(18)20)12-16-29-24/h5-10,27H,1-4,11-16H2. The zero-order valence-corrected chi connectivity index (χ0v) is 16.9. The zero-order chi connectivity index (χ0) is 19.2. The first kappa shape index (κ1) is 17.3. The summed E-state index contributed by atoms with van der Waals surface area (Å²) in [6.07, 6.45) is 11.6. The predicted octanol–water partition coefficient (Wildman–Crippen LogP) is 4.51. The van der Waals surface area contributed by atoms with Gasteiger partial charge in [0.15, 0.2) is 0 Å². The van der Waals surface area contributed by atoms with Crippen LogP contribution in [0, 0.1) is 0 Å². The Labute approximate surface area is 172 Å². The summed E-state index contributed by atoms with van der Waals surface area (Å²) in [4.78, 5) is 0. The second kappa shape index (κ2) is 7.07. The van der Waals surface area contributed by atoms with Gasteiger partial charge in [-0.3, -0.25) is 0 Å². The molecule has 2 aliphatic carbocycles. The molecule has 2 aliphatic heterocycles. The Morgan fingerprint density at radius 1 is 0.655 bits per heavy atom. The normalized spacial score (nSPS) is 21.1. The molecule has 0 fully saturated rings. The van der Waals surface area contributed by atoms with Gasteiger partial charge in [-0.1, -0.05) is 24.3 Å². The van der Waals surface area contributed by atoms with Crippen LogP contribution >= 0.6 is 0 Å². The highest BCUT2D eigenvalue weighted by Crippen LogP contribution is 2.42. The molecule has 0 bridgehead atoms. The van der Waals surface area contributed by atoms with E-state index in [-0.39, 0.29) is 0 Å². The average Bonchev–Trinajstić information content (AvgIpc) is 3.51. The van der Waals surface area contributed by atoms with Gasteiger partial charge in [-0.2, -0.15) is 0 Å². The molecule has 4 aliphatic rings. The summed E-state index contributed by atoms with van der Waals surface area (Å²) in [6, 6.07) is 8.85. The number of aryl methyl sites for hydroxylation is 2. The summed E-state index contributed by atoms with van der Waals surface area (Å²) in [5, 5.41) is 3.62. The lowest BCUT2D eigenvalue weighted by Gasteiger charge is -2.09. The Hall–Kier alpha value is -2.52. The van der Waals surface area contributed by atoms with Crippen LogP contribution in [0.5, 0.6) is 11.5 Å². The van der Waals surface area contributed by atoms with Gasteiger partial charge in [0.2, 0.25) is 0 Å². The van der Waals surface area contributed by atoms with Gasteiger partial charge < -0.3 is 14.8 Å². The number of fused-ring (bicyclic) bond motifs is 6. The molecule has 1 N–H and O–H groups in total. The van der Waals surface area contributed by atoms with Crippen molar-refractivity contribution in [2.24, 2.45) is 0 Å². The minimum Gasteiger partial charge on any atom is -0.493 e. The van der Waals surface area contributed by atoms with E-state index >= 15 is 0 Å². The van der Waals surface area contributed by atoms with Crippen molar-refractivity contribution in [1.82, 2.24) is 5.32 Å². The van der Waals surface area contributed by atoms with E-state index in [0.717, 1.165) is 63.5 Å². The second-order valence-electron chi connectivity index (χ2n) is 8.47. The number of hydrogen-bond acceptors (Lipinski definition) is 3. The van der Waals surface area contributed by atoms with Crippen LogP contribution in [0.25, 0.3) is 11.1 Å². The summed E-state index contributed by atoms with van der Waals surface area (Å²) in [5.41, 5.74) is 11.9. The molecule has 29 heavy (non-hydrogen) atoms. The fraction of sp³-hybridized carbons (Fsp3) is 0.385. The molecule has 3 heteroatoms. The molecular formula is C26H27NO2. The molecule has 3 nitrogen and oxygen atoms in total. The van der Waals surface area contributed by atoms with Crippen LogP contribution in [0.1, 0.15) is 46.2 Å². The molecule has 0 amide bonds. The number of benzene rings is 2. The highest BCUT2D eigenvalue weighted by Gasteiger charge is 2.26. The first-order chi connectivity index (χ1) is 14.4.